The van der Waals surface area contributed by atoms with Crippen molar-refractivity contribution < 1.29 is 0 Å². The molecule has 0 unspecified atom stereocenters. The second-order valence-corrected chi connectivity index (χ2v) is 9.30. The Morgan fingerprint density at radius 2 is 2.22 bits per heavy atom. The Kier molecular flexibility index (Phi) is 5.71. The van der Waals surface area contributed by atoms with Gasteiger partial charge in [0.05, 0.1) is 0 Å². The quantitative estimate of drug-likeness (QED) is 0.351. The second-order valence-electron chi connectivity index (χ2n) is 6.98. The zero-order chi connectivity index (χ0) is 18.8. The van der Waals surface area contributed by atoms with Crippen LogP contribution in [0.15, 0.2) is 47.5 Å². The van der Waals surface area contributed by atoms with E-state index in [4.69, 9.17) is 11.6 Å². The number of nitrogens with zero attached hydrogens (tertiary/aromatic N) is 3. The Labute approximate surface area is 173 Å². The largest absolute Gasteiger partial charge is 0.298 e. The molecule has 1 aromatic carbocycles. The molecule has 0 saturated carbocycles. The van der Waals surface area contributed by atoms with E-state index in [-0.39, 0.29) is 0 Å². The fourth-order valence-corrected chi connectivity index (χ4v) is 5.99. The Morgan fingerprint density at radius 1 is 1.37 bits per heavy atom. The molecule has 1 atom stereocenters. The van der Waals surface area contributed by atoms with Crippen molar-refractivity contribution in [2.24, 2.45) is 5.92 Å². The molecule has 2 aromatic heterocycles. The number of allylic oxidation sites excluding steroid dienone is 1. The highest BCUT2D eigenvalue weighted by atomic mass is 35.5. The number of fused-ring (bicyclic) bond motifs is 1. The fraction of sp³-hybridized carbons (Fsp3) is 0.333. The molecule has 3 nitrogen and oxygen atoms in total. The van der Waals surface area contributed by atoms with Crippen molar-refractivity contribution in [1.29, 1.82) is 0 Å². The van der Waals surface area contributed by atoms with E-state index in [0.29, 0.717) is 6.54 Å². The van der Waals surface area contributed by atoms with Gasteiger partial charge in [-0.3, -0.25) is 4.57 Å². The molecule has 6 heteroatoms. The molecule has 0 amide bonds. The third-order valence-corrected chi connectivity index (χ3v) is 7.42. The predicted octanol–water partition coefficient (Wildman–Crippen LogP) is 6.26. The van der Waals surface area contributed by atoms with Crippen LogP contribution in [0.25, 0.3) is 11.4 Å². The lowest BCUT2D eigenvalue weighted by molar-refractivity contribution is 0.508. The molecular formula is C21H22ClN3S2. The molecule has 0 spiro atoms. The number of hydrogen-bond acceptors (Lipinski definition) is 4. The van der Waals surface area contributed by atoms with Crippen molar-refractivity contribution in [2.75, 3.05) is 0 Å². The van der Waals surface area contributed by atoms with Gasteiger partial charge in [0.25, 0.3) is 0 Å². The van der Waals surface area contributed by atoms with Gasteiger partial charge in [0.15, 0.2) is 11.0 Å². The number of halogens is 1. The van der Waals surface area contributed by atoms with E-state index in [1.807, 2.05) is 35.6 Å². The molecule has 3 aromatic rings. The molecule has 0 N–H and O–H groups in total. The van der Waals surface area contributed by atoms with Gasteiger partial charge >= 0.3 is 0 Å². The molecule has 1 aliphatic rings. The number of aromatic nitrogens is 3. The summed E-state index contributed by atoms with van der Waals surface area (Å²) in [6.45, 7) is 6.97. The van der Waals surface area contributed by atoms with Crippen LogP contribution in [0.4, 0.5) is 0 Å². The normalized spacial score (nSPS) is 16.3. The first-order valence-electron chi connectivity index (χ1n) is 9.17. The van der Waals surface area contributed by atoms with Gasteiger partial charge in [-0.05, 0) is 42.4 Å². The summed E-state index contributed by atoms with van der Waals surface area (Å²) < 4.78 is 2.18. The van der Waals surface area contributed by atoms with Crippen LogP contribution in [0.5, 0.6) is 0 Å². The fourth-order valence-electron chi connectivity index (χ4n) is 3.51. The SMILES string of the molecule is C=CCn1c(SCc2ccccc2Cl)nnc1-c1csc2c1CC[C@H](C)C2. The summed E-state index contributed by atoms with van der Waals surface area (Å²) >= 11 is 9.84. The summed E-state index contributed by atoms with van der Waals surface area (Å²) in [6.07, 6.45) is 5.48. The molecule has 140 valence electrons. The molecule has 4 rings (SSSR count). The van der Waals surface area contributed by atoms with E-state index < -0.39 is 0 Å². The molecule has 1 aliphatic carbocycles. The van der Waals surface area contributed by atoms with Gasteiger partial charge < -0.3 is 0 Å². The maximum atomic E-state index is 6.30. The van der Waals surface area contributed by atoms with Crippen LogP contribution in [0.1, 0.15) is 29.3 Å². The second kappa shape index (κ2) is 8.21. The Morgan fingerprint density at radius 3 is 3.04 bits per heavy atom. The minimum Gasteiger partial charge on any atom is -0.298 e. The Hall–Kier alpha value is -1.56. The van der Waals surface area contributed by atoms with Gasteiger partial charge in [0, 0.05) is 33.1 Å². The standard InChI is InChI=1S/C21H22ClN3S2/c1-3-10-25-20(17-13-26-19-11-14(2)8-9-16(17)19)23-24-21(25)27-12-15-6-4-5-7-18(15)22/h3-7,13-14H,1,8-12H2,2H3/t14-/m0/s1. The minimum absolute atomic E-state index is 0.703. The topological polar surface area (TPSA) is 30.7 Å². The van der Waals surface area contributed by atoms with Gasteiger partial charge in [0.2, 0.25) is 0 Å². The highest BCUT2D eigenvalue weighted by Crippen LogP contribution is 2.38. The summed E-state index contributed by atoms with van der Waals surface area (Å²) in [5.41, 5.74) is 3.83. The van der Waals surface area contributed by atoms with Crippen LogP contribution in [-0.4, -0.2) is 14.8 Å². The minimum atomic E-state index is 0.703. The predicted molar refractivity (Wildman–Crippen MR) is 116 cm³/mol. The number of thioether (sulfide) groups is 1. The van der Waals surface area contributed by atoms with E-state index in [2.05, 4.69) is 39.7 Å². The van der Waals surface area contributed by atoms with Gasteiger partial charge in [-0.15, -0.1) is 28.1 Å². The number of rotatable bonds is 6. The zero-order valence-corrected chi connectivity index (χ0v) is 17.7. The zero-order valence-electron chi connectivity index (χ0n) is 15.3. The van der Waals surface area contributed by atoms with Gasteiger partial charge in [0.1, 0.15) is 0 Å². The van der Waals surface area contributed by atoms with Crippen molar-refractivity contribution in [3.8, 4) is 11.4 Å². The van der Waals surface area contributed by atoms with Crippen molar-refractivity contribution in [1.82, 2.24) is 14.8 Å². The maximum Gasteiger partial charge on any atom is 0.192 e. The summed E-state index contributed by atoms with van der Waals surface area (Å²) in [6, 6.07) is 7.95. The summed E-state index contributed by atoms with van der Waals surface area (Å²) in [5.74, 6) is 2.51. The van der Waals surface area contributed by atoms with Gasteiger partial charge in [-0.2, -0.15) is 0 Å². The van der Waals surface area contributed by atoms with E-state index in [9.17, 15) is 0 Å². The molecule has 2 heterocycles. The Balaban J connectivity index is 1.63. The summed E-state index contributed by atoms with van der Waals surface area (Å²) in [4.78, 5) is 1.52. The number of thiophene rings is 1. The molecule has 0 bridgehead atoms. The summed E-state index contributed by atoms with van der Waals surface area (Å²) in [5, 5.41) is 13.0. The third kappa shape index (κ3) is 3.86. The number of benzene rings is 1. The third-order valence-electron chi connectivity index (χ3n) is 4.99. The van der Waals surface area contributed by atoms with Crippen molar-refractivity contribution in [3.05, 3.63) is 63.3 Å². The highest BCUT2D eigenvalue weighted by molar-refractivity contribution is 7.98. The van der Waals surface area contributed by atoms with Crippen molar-refractivity contribution in [3.63, 3.8) is 0 Å². The molecule has 0 radical (unpaired) electrons. The molecular weight excluding hydrogens is 394 g/mol. The average Bonchev–Trinajstić information content (AvgIpc) is 3.25. The maximum absolute atomic E-state index is 6.30. The molecule has 0 fully saturated rings. The Bertz CT molecular complexity index is 960. The highest BCUT2D eigenvalue weighted by Gasteiger charge is 2.24. The van der Waals surface area contributed by atoms with E-state index in [1.54, 1.807) is 11.8 Å². The average molecular weight is 416 g/mol. The first-order chi connectivity index (χ1) is 13.2. The van der Waals surface area contributed by atoms with Crippen molar-refractivity contribution in [2.45, 2.75) is 43.6 Å². The van der Waals surface area contributed by atoms with E-state index in [1.165, 1.54) is 28.8 Å². The van der Waals surface area contributed by atoms with Crippen LogP contribution < -0.4 is 0 Å². The van der Waals surface area contributed by atoms with Gasteiger partial charge in [-0.1, -0.05) is 54.6 Å². The molecule has 27 heavy (non-hydrogen) atoms. The number of hydrogen-bond donors (Lipinski definition) is 0. The molecule has 0 saturated heterocycles. The van der Waals surface area contributed by atoms with Crippen LogP contribution in [0.3, 0.4) is 0 Å². The lowest BCUT2D eigenvalue weighted by Crippen LogP contribution is -2.10. The van der Waals surface area contributed by atoms with Crippen LogP contribution in [-0.2, 0) is 25.1 Å². The lowest BCUT2D eigenvalue weighted by atomic mass is 9.88. The summed E-state index contributed by atoms with van der Waals surface area (Å²) in [7, 11) is 0. The van der Waals surface area contributed by atoms with Crippen LogP contribution in [0, 0.1) is 5.92 Å². The van der Waals surface area contributed by atoms with E-state index >= 15 is 0 Å². The lowest BCUT2D eigenvalue weighted by Gasteiger charge is -2.19. The van der Waals surface area contributed by atoms with Crippen LogP contribution >= 0.6 is 34.7 Å². The first kappa shape index (κ1) is 18.8. The smallest absolute Gasteiger partial charge is 0.192 e. The van der Waals surface area contributed by atoms with Crippen LogP contribution in [0.2, 0.25) is 5.02 Å². The van der Waals surface area contributed by atoms with E-state index in [0.717, 1.165) is 39.7 Å². The van der Waals surface area contributed by atoms with Gasteiger partial charge in [-0.25, -0.2) is 0 Å². The monoisotopic (exact) mass is 415 g/mol. The first-order valence-corrected chi connectivity index (χ1v) is 11.4. The van der Waals surface area contributed by atoms with Crippen molar-refractivity contribution >= 4 is 34.7 Å². The molecule has 0 aliphatic heterocycles.